The van der Waals surface area contributed by atoms with Crippen LogP contribution in [0, 0.1) is 6.92 Å². The summed E-state index contributed by atoms with van der Waals surface area (Å²) in [5, 5.41) is 15.5. The van der Waals surface area contributed by atoms with Crippen LogP contribution in [0.3, 0.4) is 0 Å². The fraction of sp³-hybridized carbons (Fsp3) is 0.360. The van der Waals surface area contributed by atoms with Crippen molar-refractivity contribution in [2.75, 3.05) is 11.9 Å². The molecule has 0 aliphatic carbocycles. The van der Waals surface area contributed by atoms with Gasteiger partial charge in [-0.1, -0.05) is 54.5 Å². The number of allylic oxidation sites excluding steroid dienone is 1. The van der Waals surface area contributed by atoms with E-state index in [1.54, 1.807) is 24.3 Å². The smallest absolute Gasteiger partial charge is 0.248 e. The highest BCUT2D eigenvalue weighted by Gasteiger charge is 2.22. The topological polar surface area (TPSA) is 83.0 Å². The quantitative estimate of drug-likeness (QED) is 0.370. The summed E-state index contributed by atoms with van der Waals surface area (Å²) in [5.41, 5.74) is 4.15. The summed E-state index contributed by atoms with van der Waals surface area (Å²) < 4.78 is 0. The molecular formula is C25H33ClN2O3. The normalized spacial score (nSPS) is 12.3. The van der Waals surface area contributed by atoms with Gasteiger partial charge in [-0.2, -0.15) is 0 Å². The van der Waals surface area contributed by atoms with Crippen LogP contribution in [0.15, 0.2) is 60.2 Å². The summed E-state index contributed by atoms with van der Waals surface area (Å²) in [6, 6.07) is 14.9. The number of aryl methyl sites for hydroxylation is 1. The summed E-state index contributed by atoms with van der Waals surface area (Å²) >= 11 is 0. The lowest BCUT2D eigenvalue weighted by Crippen LogP contribution is -3.00. The highest BCUT2D eigenvalue weighted by atomic mass is 35.5. The van der Waals surface area contributed by atoms with Crippen LogP contribution in [0.2, 0.25) is 0 Å². The molecule has 0 saturated carbocycles. The van der Waals surface area contributed by atoms with Gasteiger partial charge in [0.2, 0.25) is 5.91 Å². The molecule has 0 aromatic heterocycles. The molecule has 2 rings (SSSR count). The molecule has 0 aliphatic rings. The number of aliphatic hydroxyl groups excluding tert-OH is 1. The lowest BCUT2D eigenvalue weighted by Gasteiger charge is -2.20. The third-order valence-corrected chi connectivity index (χ3v) is 5.01. The van der Waals surface area contributed by atoms with Gasteiger partial charge in [0.05, 0.1) is 13.0 Å². The Morgan fingerprint density at radius 3 is 2.42 bits per heavy atom. The molecule has 2 atom stereocenters. The molecule has 0 aliphatic heterocycles. The zero-order valence-electron chi connectivity index (χ0n) is 18.7. The molecule has 4 N–H and O–H groups in total. The van der Waals surface area contributed by atoms with Crippen molar-refractivity contribution in [1.29, 1.82) is 0 Å². The number of rotatable bonds is 10. The molecule has 0 bridgehead atoms. The van der Waals surface area contributed by atoms with E-state index < -0.39 is 6.10 Å². The minimum Gasteiger partial charge on any atom is -1.00 e. The molecule has 2 unspecified atom stereocenters. The molecule has 1 amide bonds. The lowest BCUT2D eigenvalue weighted by molar-refractivity contribution is -0.697. The molecule has 0 spiro atoms. The number of ketones is 1. The van der Waals surface area contributed by atoms with Crippen LogP contribution in [-0.4, -0.2) is 29.4 Å². The van der Waals surface area contributed by atoms with E-state index in [1.165, 1.54) is 6.08 Å². The van der Waals surface area contributed by atoms with Crippen LogP contribution in [0.25, 0.3) is 0 Å². The molecule has 0 heterocycles. The van der Waals surface area contributed by atoms with E-state index in [2.05, 4.69) is 5.32 Å². The summed E-state index contributed by atoms with van der Waals surface area (Å²) in [5.74, 6) is -0.187. The van der Waals surface area contributed by atoms with E-state index >= 15 is 0 Å². The fourth-order valence-electron chi connectivity index (χ4n) is 3.31. The molecular weight excluding hydrogens is 412 g/mol. The minimum atomic E-state index is -0.570. The summed E-state index contributed by atoms with van der Waals surface area (Å²) in [6.45, 7) is 8.37. The predicted molar refractivity (Wildman–Crippen MR) is 120 cm³/mol. The first-order valence-electron chi connectivity index (χ1n) is 10.5. The Hall–Kier alpha value is -2.47. The van der Waals surface area contributed by atoms with Crippen molar-refractivity contribution in [1.82, 2.24) is 0 Å². The first kappa shape index (κ1) is 26.6. The molecule has 0 fully saturated rings. The summed E-state index contributed by atoms with van der Waals surface area (Å²) in [7, 11) is 0. The van der Waals surface area contributed by atoms with E-state index in [4.69, 9.17) is 0 Å². The SMILES string of the molecule is CCC([NH2+]CCC(=O)c1cccc(NC(=O)C=C(C)C)c1)C(O)c1ccc(C)cc1.[Cl-]. The number of carbonyl (C=O) groups is 2. The van der Waals surface area contributed by atoms with E-state index in [9.17, 15) is 14.7 Å². The summed E-state index contributed by atoms with van der Waals surface area (Å²) in [4.78, 5) is 24.5. The Bertz CT molecular complexity index is 890. The van der Waals surface area contributed by atoms with Gasteiger partial charge in [0, 0.05) is 17.3 Å². The van der Waals surface area contributed by atoms with Gasteiger partial charge in [0.25, 0.3) is 0 Å². The molecule has 31 heavy (non-hydrogen) atoms. The van der Waals surface area contributed by atoms with E-state index in [0.717, 1.165) is 23.1 Å². The highest BCUT2D eigenvalue weighted by molar-refractivity contribution is 6.01. The number of hydrogen-bond donors (Lipinski definition) is 3. The predicted octanol–water partition coefficient (Wildman–Crippen LogP) is 0.552. The van der Waals surface area contributed by atoms with Crippen LogP contribution in [0.5, 0.6) is 0 Å². The van der Waals surface area contributed by atoms with Gasteiger partial charge in [0.1, 0.15) is 12.1 Å². The molecule has 2 aromatic carbocycles. The number of quaternary nitrogens is 1. The number of benzene rings is 2. The molecule has 6 heteroatoms. The first-order valence-corrected chi connectivity index (χ1v) is 10.5. The van der Waals surface area contributed by atoms with Gasteiger partial charge in [0.15, 0.2) is 5.78 Å². The van der Waals surface area contributed by atoms with Crippen LogP contribution in [0.4, 0.5) is 5.69 Å². The molecule has 168 valence electrons. The van der Waals surface area contributed by atoms with Crippen LogP contribution >= 0.6 is 0 Å². The maximum absolute atomic E-state index is 12.6. The number of nitrogens with one attached hydrogen (secondary N) is 1. The Balaban J connectivity index is 0.00000480. The highest BCUT2D eigenvalue weighted by Crippen LogP contribution is 2.17. The average molecular weight is 445 g/mol. The number of anilines is 1. The van der Waals surface area contributed by atoms with Gasteiger partial charge >= 0.3 is 0 Å². The third kappa shape index (κ3) is 8.66. The Labute approximate surface area is 191 Å². The maximum atomic E-state index is 12.6. The molecule has 0 radical (unpaired) electrons. The van der Waals surface area contributed by atoms with Crippen LogP contribution in [0.1, 0.15) is 61.2 Å². The van der Waals surface area contributed by atoms with Crippen molar-refractivity contribution >= 4 is 17.4 Å². The van der Waals surface area contributed by atoms with Gasteiger partial charge < -0.3 is 28.1 Å². The van der Waals surface area contributed by atoms with Gasteiger partial charge in [-0.15, -0.1) is 0 Å². The number of hydrogen-bond acceptors (Lipinski definition) is 3. The zero-order valence-corrected chi connectivity index (χ0v) is 19.4. The number of carbonyl (C=O) groups excluding carboxylic acids is 2. The van der Waals surface area contributed by atoms with Crippen molar-refractivity contribution in [3.8, 4) is 0 Å². The zero-order chi connectivity index (χ0) is 22.1. The number of aliphatic hydroxyl groups is 1. The first-order chi connectivity index (χ1) is 14.3. The Morgan fingerprint density at radius 1 is 1.13 bits per heavy atom. The van der Waals surface area contributed by atoms with E-state index in [1.807, 2.05) is 57.3 Å². The standard InChI is InChI=1S/C25H32N2O3.ClH/c1-5-22(25(30)19-11-9-18(4)10-12-19)26-14-13-23(28)20-7-6-8-21(16-20)27-24(29)15-17(2)3;/h6-12,15-16,22,25-26,30H,5,13-14H2,1-4H3,(H,27,29);1H. The van der Waals surface area contributed by atoms with Crippen molar-refractivity contribution in [3.05, 3.63) is 76.9 Å². The van der Waals surface area contributed by atoms with Gasteiger partial charge in [-0.3, -0.25) is 9.59 Å². The molecule has 5 nitrogen and oxygen atoms in total. The fourth-order valence-corrected chi connectivity index (χ4v) is 3.31. The van der Waals surface area contributed by atoms with Gasteiger partial charge in [-0.25, -0.2) is 0 Å². The minimum absolute atomic E-state index is 0. The average Bonchev–Trinajstić information content (AvgIpc) is 2.70. The Morgan fingerprint density at radius 2 is 1.81 bits per heavy atom. The van der Waals surface area contributed by atoms with E-state index in [-0.39, 0.29) is 30.1 Å². The number of halogens is 1. The summed E-state index contributed by atoms with van der Waals surface area (Å²) in [6.07, 6.45) is 2.12. The maximum Gasteiger partial charge on any atom is 0.248 e. The van der Waals surface area contributed by atoms with E-state index in [0.29, 0.717) is 24.2 Å². The van der Waals surface area contributed by atoms with Crippen molar-refractivity contribution in [3.63, 3.8) is 0 Å². The molecule has 0 saturated heterocycles. The largest absolute Gasteiger partial charge is 1.00 e. The number of Topliss-reactive ketones (excluding diaryl/α,β-unsaturated/α-hetero) is 1. The number of nitrogens with two attached hydrogens (primary N) is 1. The molecule has 2 aromatic rings. The second kappa shape index (κ2) is 13.1. The lowest BCUT2D eigenvalue weighted by atomic mass is 9.99. The Kier molecular flexibility index (Phi) is 11.2. The van der Waals surface area contributed by atoms with Crippen molar-refractivity contribution < 1.29 is 32.4 Å². The van der Waals surface area contributed by atoms with Crippen molar-refractivity contribution in [2.24, 2.45) is 0 Å². The van der Waals surface area contributed by atoms with Crippen LogP contribution in [-0.2, 0) is 4.79 Å². The van der Waals surface area contributed by atoms with Crippen molar-refractivity contribution in [2.45, 2.75) is 52.7 Å². The van der Waals surface area contributed by atoms with Crippen LogP contribution < -0.4 is 23.0 Å². The monoisotopic (exact) mass is 444 g/mol. The van der Waals surface area contributed by atoms with Gasteiger partial charge in [-0.05, 0) is 44.9 Å². The second-order valence-corrected chi connectivity index (χ2v) is 7.92. The number of amides is 1. The third-order valence-electron chi connectivity index (χ3n) is 5.01. The second-order valence-electron chi connectivity index (χ2n) is 7.92.